The maximum atomic E-state index is 13.8. The average molecular weight is 461 g/mol. The summed E-state index contributed by atoms with van der Waals surface area (Å²) >= 11 is 0. The Morgan fingerprint density at radius 3 is 2.45 bits per heavy atom. The highest BCUT2D eigenvalue weighted by atomic mass is 19.4. The Kier molecular flexibility index (Phi) is 5.75. The minimum atomic E-state index is -4.42. The molecule has 0 spiro atoms. The summed E-state index contributed by atoms with van der Waals surface area (Å²) in [4.78, 5) is 18.3. The number of piperidine rings is 1. The highest BCUT2D eigenvalue weighted by molar-refractivity contribution is 5.97. The molecule has 3 aliphatic rings. The lowest BCUT2D eigenvalue weighted by molar-refractivity contribution is -0.137. The van der Waals surface area contributed by atoms with E-state index in [1.165, 1.54) is 18.9 Å². The Morgan fingerprint density at radius 2 is 1.82 bits per heavy atom. The molecule has 2 atom stereocenters. The van der Waals surface area contributed by atoms with Gasteiger partial charge in [-0.05, 0) is 83.7 Å². The number of carbonyl (C=O) groups excluding carboxylic acids is 1. The van der Waals surface area contributed by atoms with Crippen LogP contribution >= 0.6 is 0 Å². The number of likely N-dealkylation sites (tertiary alicyclic amines) is 2. The molecule has 0 bridgehead atoms. The van der Waals surface area contributed by atoms with Crippen LogP contribution in [0, 0.1) is 6.92 Å². The molecule has 2 saturated heterocycles. The average Bonchev–Trinajstić information content (AvgIpc) is 3.34. The molecule has 33 heavy (non-hydrogen) atoms. The van der Waals surface area contributed by atoms with Crippen LogP contribution in [0.4, 0.5) is 13.2 Å². The van der Waals surface area contributed by atoms with Gasteiger partial charge in [-0.2, -0.15) is 18.3 Å². The van der Waals surface area contributed by atoms with Crippen molar-refractivity contribution in [3.8, 4) is 5.69 Å². The summed E-state index contributed by atoms with van der Waals surface area (Å²) in [6.07, 6.45) is 1.87. The molecule has 3 heterocycles. The summed E-state index contributed by atoms with van der Waals surface area (Å²) in [5, 5.41) is 4.58. The Morgan fingerprint density at radius 1 is 1.09 bits per heavy atom. The predicted molar refractivity (Wildman–Crippen MR) is 120 cm³/mol. The minimum absolute atomic E-state index is 0.0278. The zero-order chi connectivity index (χ0) is 23.3. The summed E-state index contributed by atoms with van der Waals surface area (Å²) < 4.78 is 41.5. The van der Waals surface area contributed by atoms with E-state index < -0.39 is 11.7 Å². The molecular formula is C25H31F3N4O. The van der Waals surface area contributed by atoms with Crippen LogP contribution in [0.3, 0.4) is 0 Å². The first kappa shape index (κ1) is 22.4. The van der Waals surface area contributed by atoms with E-state index in [0.29, 0.717) is 29.5 Å². The molecule has 1 aromatic heterocycles. The largest absolute Gasteiger partial charge is 0.416 e. The molecule has 178 valence electrons. The lowest BCUT2D eigenvalue weighted by Gasteiger charge is -2.41. The van der Waals surface area contributed by atoms with Crippen LogP contribution < -0.4 is 0 Å². The van der Waals surface area contributed by atoms with Crippen molar-refractivity contribution in [1.29, 1.82) is 0 Å². The van der Waals surface area contributed by atoms with Crippen LogP contribution in [0.5, 0.6) is 0 Å². The van der Waals surface area contributed by atoms with Crippen molar-refractivity contribution in [2.45, 2.75) is 76.6 Å². The van der Waals surface area contributed by atoms with Gasteiger partial charge in [-0.25, -0.2) is 4.68 Å². The summed E-state index contributed by atoms with van der Waals surface area (Å²) in [5.74, 6) is 0.136. The normalized spacial score (nSPS) is 24.5. The molecule has 2 aromatic rings. The summed E-state index contributed by atoms with van der Waals surface area (Å²) in [7, 11) is 0. The van der Waals surface area contributed by atoms with Crippen LogP contribution in [0.15, 0.2) is 24.3 Å². The second kappa shape index (κ2) is 8.46. The molecule has 2 aliphatic heterocycles. The van der Waals surface area contributed by atoms with Gasteiger partial charge in [-0.15, -0.1) is 0 Å². The first-order valence-electron chi connectivity index (χ1n) is 12.1. The van der Waals surface area contributed by atoms with Crippen molar-refractivity contribution in [3.05, 3.63) is 46.8 Å². The number of amides is 1. The second-order valence-corrected chi connectivity index (χ2v) is 9.85. The quantitative estimate of drug-likeness (QED) is 0.633. The van der Waals surface area contributed by atoms with Crippen molar-refractivity contribution in [1.82, 2.24) is 19.6 Å². The van der Waals surface area contributed by atoms with Gasteiger partial charge in [0.05, 0.1) is 28.2 Å². The first-order chi connectivity index (χ1) is 15.7. The van der Waals surface area contributed by atoms with Crippen LogP contribution in [-0.4, -0.2) is 57.2 Å². The third kappa shape index (κ3) is 4.29. The SMILES string of the molecule is Cc1nn(-c2cccc(C(F)(F)F)c2)c(C2CC2)c1C(=O)N1CCC(N2CCCC2)CC1C. The van der Waals surface area contributed by atoms with Gasteiger partial charge in [-0.3, -0.25) is 4.79 Å². The Hall–Kier alpha value is -2.35. The molecule has 0 N–H and O–H groups in total. The van der Waals surface area contributed by atoms with Crippen molar-refractivity contribution < 1.29 is 18.0 Å². The fraction of sp³-hybridized carbons (Fsp3) is 0.600. The van der Waals surface area contributed by atoms with E-state index >= 15 is 0 Å². The van der Waals surface area contributed by atoms with Crippen molar-refractivity contribution in [2.24, 2.45) is 0 Å². The maximum Gasteiger partial charge on any atom is 0.416 e. The number of aromatic nitrogens is 2. The molecule has 1 aliphatic carbocycles. The van der Waals surface area contributed by atoms with E-state index in [4.69, 9.17) is 0 Å². The second-order valence-electron chi connectivity index (χ2n) is 9.85. The van der Waals surface area contributed by atoms with Crippen LogP contribution in [0.2, 0.25) is 0 Å². The topological polar surface area (TPSA) is 41.4 Å². The Balaban J connectivity index is 1.45. The molecule has 1 amide bonds. The standard InChI is InChI=1S/C25H31F3N4O/c1-16-14-20(30-11-3-4-12-30)10-13-31(16)24(33)22-17(2)29-32(23(22)18-8-9-18)21-7-5-6-19(15-21)25(26,27)28/h5-7,15-16,18,20H,3-4,8-14H2,1-2H3. The number of benzene rings is 1. The molecular weight excluding hydrogens is 429 g/mol. The van der Waals surface area contributed by atoms with E-state index in [1.807, 2.05) is 4.90 Å². The number of aryl methyl sites for hydroxylation is 1. The highest BCUT2D eigenvalue weighted by Crippen LogP contribution is 2.44. The number of hydrogen-bond donors (Lipinski definition) is 0. The van der Waals surface area contributed by atoms with E-state index in [2.05, 4.69) is 16.9 Å². The molecule has 8 heteroatoms. The van der Waals surface area contributed by atoms with Gasteiger partial charge in [-0.1, -0.05) is 6.07 Å². The number of alkyl halides is 3. The molecule has 3 fully saturated rings. The van der Waals surface area contributed by atoms with E-state index in [9.17, 15) is 18.0 Å². The third-order valence-electron chi connectivity index (χ3n) is 7.46. The Labute approximate surface area is 192 Å². The number of halogens is 3. The molecule has 0 radical (unpaired) electrons. The first-order valence-corrected chi connectivity index (χ1v) is 12.1. The molecule has 1 saturated carbocycles. The minimum Gasteiger partial charge on any atom is -0.336 e. The van der Waals surface area contributed by atoms with Gasteiger partial charge in [0.1, 0.15) is 0 Å². The molecule has 2 unspecified atom stereocenters. The van der Waals surface area contributed by atoms with Crippen LogP contribution in [-0.2, 0) is 6.18 Å². The molecule has 5 nitrogen and oxygen atoms in total. The van der Waals surface area contributed by atoms with Crippen LogP contribution in [0.1, 0.15) is 78.7 Å². The van der Waals surface area contributed by atoms with Crippen molar-refractivity contribution in [2.75, 3.05) is 19.6 Å². The number of nitrogens with zero attached hydrogens (tertiary/aromatic N) is 4. The van der Waals surface area contributed by atoms with Gasteiger partial charge in [0.2, 0.25) is 0 Å². The Bertz CT molecular complexity index is 1040. The summed E-state index contributed by atoms with van der Waals surface area (Å²) in [6.45, 7) is 6.92. The van der Waals surface area contributed by atoms with E-state index in [-0.39, 0.29) is 17.9 Å². The van der Waals surface area contributed by atoms with E-state index in [1.54, 1.807) is 17.7 Å². The van der Waals surface area contributed by atoms with Crippen molar-refractivity contribution >= 4 is 5.91 Å². The predicted octanol–water partition coefficient (Wildman–Crippen LogP) is 5.17. The number of rotatable bonds is 4. The monoisotopic (exact) mass is 460 g/mol. The van der Waals surface area contributed by atoms with Gasteiger partial charge < -0.3 is 9.80 Å². The highest BCUT2D eigenvalue weighted by Gasteiger charge is 2.39. The summed E-state index contributed by atoms with van der Waals surface area (Å²) in [6, 6.07) is 5.87. The molecule has 5 rings (SSSR count). The maximum absolute atomic E-state index is 13.8. The van der Waals surface area contributed by atoms with Gasteiger partial charge in [0.15, 0.2) is 0 Å². The smallest absolute Gasteiger partial charge is 0.336 e. The fourth-order valence-corrected chi connectivity index (χ4v) is 5.59. The van der Waals surface area contributed by atoms with Gasteiger partial charge >= 0.3 is 6.18 Å². The summed E-state index contributed by atoms with van der Waals surface area (Å²) in [5.41, 5.74) is 1.59. The van der Waals surface area contributed by atoms with Crippen LogP contribution in [0.25, 0.3) is 5.69 Å². The fourth-order valence-electron chi connectivity index (χ4n) is 5.59. The van der Waals surface area contributed by atoms with E-state index in [0.717, 1.165) is 56.6 Å². The lowest BCUT2D eigenvalue weighted by Crippen LogP contribution is -2.50. The molecule has 1 aromatic carbocycles. The lowest BCUT2D eigenvalue weighted by atomic mass is 9.95. The van der Waals surface area contributed by atoms with Gasteiger partial charge in [0, 0.05) is 24.5 Å². The number of carbonyl (C=O) groups is 1. The zero-order valence-electron chi connectivity index (χ0n) is 19.2. The van der Waals surface area contributed by atoms with Gasteiger partial charge in [0.25, 0.3) is 5.91 Å². The third-order valence-corrected chi connectivity index (χ3v) is 7.46. The van der Waals surface area contributed by atoms with Crippen molar-refractivity contribution in [3.63, 3.8) is 0 Å². The zero-order valence-corrected chi connectivity index (χ0v) is 19.2. The number of hydrogen-bond acceptors (Lipinski definition) is 3.